The second-order valence-electron chi connectivity index (χ2n) is 3.63. The number of hydrogen-bond acceptors (Lipinski definition) is 3. The monoisotopic (exact) mass is 221 g/mol. The smallest absolute Gasteiger partial charge is 0.322 e. The summed E-state index contributed by atoms with van der Waals surface area (Å²) in [5.74, 6) is 0. The second kappa shape index (κ2) is 3.80. The highest BCUT2D eigenvalue weighted by Crippen LogP contribution is 2.29. The summed E-state index contributed by atoms with van der Waals surface area (Å²) >= 11 is 0. The van der Waals surface area contributed by atoms with Gasteiger partial charge in [0.25, 0.3) is 5.69 Å². The molecule has 6 nitrogen and oxygen atoms in total. The number of rotatable bonds is 2. The number of nitrogens with one attached hydrogen (secondary N) is 1. The summed E-state index contributed by atoms with van der Waals surface area (Å²) in [7, 11) is 0. The van der Waals surface area contributed by atoms with E-state index in [1.54, 1.807) is 19.1 Å². The van der Waals surface area contributed by atoms with E-state index in [0.29, 0.717) is 18.8 Å². The number of nitrogens with zero attached hydrogens (tertiary/aromatic N) is 2. The predicted octanol–water partition coefficient (Wildman–Crippen LogP) is 1.43. The molecule has 0 aromatic heterocycles. The number of benzene rings is 1. The Morgan fingerprint density at radius 3 is 2.81 bits per heavy atom. The first-order chi connectivity index (χ1) is 7.59. The van der Waals surface area contributed by atoms with Gasteiger partial charge in [-0.1, -0.05) is 6.07 Å². The van der Waals surface area contributed by atoms with Crippen LogP contribution < -0.4 is 10.2 Å². The highest BCUT2D eigenvalue weighted by Gasteiger charge is 2.27. The number of anilines is 1. The Hall–Kier alpha value is -2.11. The van der Waals surface area contributed by atoms with Crippen molar-refractivity contribution in [3.8, 4) is 0 Å². The predicted molar refractivity (Wildman–Crippen MR) is 58.6 cm³/mol. The fourth-order valence-electron chi connectivity index (χ4n) is 1.71. The zero-order chi connectivity index (χ0) is 11.7. The molecule has 84 valence electrons. The van der Waals surface area contributed by atoms with Crippen molar-refractivity contribution >= 4 is 17.4 Å². The van der Waals surface area contributed by atoms with Crippen LogP contribution in [0.3, 0.4) is 0 Å². The number of carbonyl (C=O) groups is 1. The average Bonchev–Trinajstić information content (AvgIpc) is 2.64. The molecule has 6 heteroatoms. The summed E-state index contributed by atoms with van der Waals surface area (Å²) in [6.07, 6.45) is 0. The van der Waals surface area contributed by atoms with Crippen LogP contribution >= 0.6 is 0 Å². The highest BCUT2D eigenvalue weighted by molar-refractivity contribution is 5.96. The molecule has 0 saturated carbocycles. The molecule has 1 N–H and O–H groups in total. The number of nitro benzene ring substituents is 1. The molecule has 0 atom stereocenters. The molecule has 1 fully saturated rings. The van der Waals surface area contributed by atoms with Crippen molar-refractivity contribution in [3.63, 3.8) is 0 Å². The van der Waals surface area contributed by atoms with Gasteiger partial charge in [-0.25, -0.2) is 4.79 Å². The quantitative estimate of drug-likeness (QED) is 0.606. The van der Waals surface area contributed by atoms with Gasteiger partial charge in [0, 0.05) is 19.2 Å². The summed E-state index contributed by atoms with van der Waals surface area (Å²) in [5, 5.41) is 13.5. The van der Waals surface area contributed by atoms with Crippen molar-refractivity contribution in [1.29, 1.82) is 0 Å². The molecule has 16 heavy (non-hydrogen) atoms. The first-order valence-electron chi connectivity index (χ1n) is 4.90. The van der Waals surface area contributed by atoms with Crippen LogP contribution in [0, 0.1) is 17.0 Å². The molecule has 1 aromatic carbocycles. The maximum absolute atomic E-state index is 11.4. The van der Waals surface area contributed by atoms with Crippen molar-refractivity contribution in [3.05, 3.63) is 33.9 Å². The van der Waals surface area contributed by atoms with E-state index >= 15 is 0 Å². The molecular weight excluding hydrogens is 210 g/mol. The molecule has 0 radical (unpaired) electrons. The fraction of sp³-hybridized carbons (Fsp3) is 0.300. The zero-order valence-electron chi connectivity index (χ0n) is 8.77. The summed E-state index contributed by atoms with van der Waals surface area (Å²) in [5.41, 5.74) is 1.12. The van der Waals surface area contributed by atoms with E-state index in [9.17, 15) is 14.9 Å². The molecule has 2 amide bonds. The van der Waals surface area contributed by atoms with Crippen LogP contribution in [-0.2, 0) is 0 Å². The summed E-state index contributed by atoms with van der Waals surface area (Å²) in [6, 6.07) is 4.56. The number of amides is 2. The van der Waals surface area contributed by atoms with Gasteiger partial charge in [0.15, 0.2) is 0 Å². The Labute approximate surface area is 92.0 Å². The van der Waals surface area contributed by atoms with E-state index < -0.39 is 4.92 Å². The van der Waals surface area contributed by atoms with Crippen LogP contribution in [0.1, 0.15) is 5.56 Å². The third-order valence-electron chi connectivity index (χ3n) is 2.48. The first kappa shape index (κ1) is 10.4. The SMILES string of the molecule is Cc1ccc(N2CCNC2=O)c([N+](=O)[O-])c1. The average molecular weight is 221 g/mol. The van der Waals surface area contributed by atoms with Crippen molar-refractivity contribution in [1.82, 2.24) is 5.32 Å². The van der Waals surface area contributed by atoms with E-state index in [2.05, 4.69) is 5.32 Å². The molecule has 0 unspecified atom stereocenters. The summed E-state index contributed by atoms with van der Waals surface area (Å²) < 4.78 is 0. The Balaban J connectivity index is 2.47. The third-order valence-corrected chi connectivity index (χ3v) is 2.48. The standard InChI is InChI=1S/C10H11N3O3/c1-7-2-3-8(9(6-7)13(15)16)12-5-4-11-10(12)14/h2-3,6H,4-5H2,1H3,(H,11,14). The van der Waals surface area contributed by atoms with Crippen LogP contribution in [0.2, 0.25) is 0 Å². The van der Waals surface area contributed by atoms with Gasteiger partial charge >= 0.3 is 6.03 Å². The molecule has 1 heterocycles. The Morgan fingerprint density at radius 2 is 2.25 bits per heavy atom. The number of carbonyl (C=O) groups excluding carboxylic acids is 1. The zero-order valence-corrected chi connectivity index (χ0v) is 8.77. The van der Waals surface area contributed by atoms with Crippen LogP contribution in [0.4, 0.5) is 16.2 Å². The molecule has 1 aromatic rings. The first-order valence-corrected chi connectivity index (χ1v) is 4.90. The fourth-order valence-corrected chi connectivity index (χ4v) is 1.71. The molecule has 0 aliphatic carbocycles. The Bertz CT molecular complexity index is 459. The second-order valence-corrected chi connectivity index (χ2v) is 3.63. The van der Waals surface area contributed by atoms with Crippen molar-refractivity contribution in [2.45, 2.75) is 6.92 Å². The summed E-state index contributed by atoms with van der Waals surface area (Å²) in [6.45, 7) is 2.76. The van der Waals surface area contributed by atoms with Gasteiger partial charge in [-0.15, -0.1) is 0 Å². The van der Waals surface area contributed by atoms with Gasteiger partial charge in [-0.2, -0.15) is 0 Å². The minimum absolute atomic E-state index is 0.0305. The third kappa shape index (κ3) is 1.69. The van der Waals surface area contributed by atoms with E-state index in [-0.39, 0.29) is 11.7 Å². The van der Waals surface area contributed by atoms with E-state index in [1.807, 2.05) is 0 Å². The van der Waals surface area contributed by atoms with Gasteiger partial charge < -0.3 is 5.32 Å². The molecule has 1 aliphatic heterocycles. The van der Waals surface area contributed by atoms with Gasteiger partial charge in [-0.05, 0) is 18.6 Å². The maximum atomic E-state index is 11.4. The number of urea groups is 1. The van der Waals surface area contributed by atoms with Crippen LogP contribution in [-0.4, -0.2) is 24.0 Å². The molecule has 2 rings (SSSR count). The lowest BCUT2D eigenvalue weighted by molar-refractivity contribution is -0.384. The molecule has 0 bridgehead atoms. The Morgan fingerprint density at radius 1 is 1.50 bits per heavy atom. The van der Waals surface area contributed by atoms with Crippen molar-refractivity contribution in [2.75, 3.05) is 18.0 Å². The largest absolute Gasteiger partial charge is 0.336 e. The van der Waals surface area contributed by atoms with Crippen molar-refractivity contribution in [2.24, 2.45) is 0 Å². The maximum Gasteiger partial charge on any atom is 0.322 e. The van der Waals surface area contributed by atoms with Crippen LogP contribution in [0.15, 0.2) is 18.2 Å². The topological polar surface area (TPSA) is 75.5 Å². The number of hydrogen-bond donors (Lipinski definition) is 1. The van der Waals surface area contributed by atoms with E-state index in [4.69, 9.17) is 0 Å². The minimum atomic E-state index is -0.464. The molecular formula is C10H11N3O3. The number of aryl methyl sites for hydroxylation is 1. The molecule has 1 saturated heterocycles. The van der Waals surface area contributed by atoms with Gasteiger partial charge in [-0.3, -0.25) is 15.0 Å². The normalized spacial score (nSPS) is 15.1. The Kier molecular flexibility index (Phi) is 2.47. The summed E-state index contributed by atoms with van der Waals surface area (Å²) in [4.78, 5) is 23.2. The van der Waals surface area contributed by atoms with Crippen LogP contribution in [0.5, 0.6) is 0 Å². The highest BCUT2D eigenvalue weighted by atomic mass is 16.6. The van der Waals surface area contributed by atoms with E-state index in [0.717, 1.165) is 5.56 Å². The minimum Gasteiger partial charge on any atom is -0.336 e. The lowest BCUT2D eigenvalue weighted by atomic mass is 10.2. The lowest BCUT2D eigenvalue weighted by Crippen LogP contribution is -2.28. The van der Waals surface area contributed by atoms with E-state index in [1.165, 1.54) is 11.0 Å². The van der Waals surface area contributed by atoms with Gasteiger partial charge in [0.05, 0.1) is 4.92 Å². The van der Waals surface area contributed by atoms with Gasteiger partial charge in [0.2, 0.25) is 0 Å². The molecule has 0 spiro atoms. The van der Waals surface area contributed by atoms with Crippen LogP contribution in [0.25, 0.3) is 0 Å². The van der Waals surface area contributed by atoms with Crippen molar-refractivity contribution < 1.29 is 9.72 Å². The lowest BCUT2D eigenvalue weighted by Gasteiger charge is -2.14. The van der Waals surface area contributed by atoms with Gasteiger partial charge in [0.1, 0.15) is 5.69 Å². The number of nitro groups is 1. The molecule has 1 aliphatic rings.